The number of azo groups is 3. The van der Waals surface area contributed by atoms with E-state index >= 15 is 0 Å². The Morgan fingerprint density at radius 2 is 0.821 bits per heavy atom. The average Bonchev–Trinajstić information content (AvgIpc) is 3.18. The van der Waals surface area contributed by atoms with Crippen LogP contribution in [-0.4, -0.2) is 97.1 Å². The summed E-state index contributed by atoms with van der Waals surface area (Å²) in [5.41, 5.74) is 8.12. The topological polar surface area (TPSA) is 548 Å². The van der Waals surface area contributed by atoms with Crippen LogP contribution >= 0.6 is 32.6 Å². The molecule has 0 aromatic heterocycles. The number of nitrogens with one attached hydrogen (secondary N) is 1. The number of aromatic hydroxyl groups is 2. The lowest BCUT2D eigenvalue weighted by molar-refractivity contribution is 0.373. The van der Waals surface area contributed by atoms with Crippen molar-refractivity contribution in [3.63, 3.8) is 0 Å². The molecule has 0 saturated heterocycles. The first-order valence-electron chi connectivity index (χ1n) is 17.3. The lowest BCUT2D eigenvalue weighted by Gasteiger charge is -2.23. The fourth-order valence-electron chi connectivity index (χ4n) is 6.47. The summed E-state index contributed by atoms with van der Waals surface area (Å²) in [6, 6.07) is 5.17. The molecule has 6 aromatic carbocycles. The summed E-state index contributed by atoms with van der Waals surface area (Å²) in [7, 11) is -29.7. The number of hydrogen-bond donors (Lipinski definition) is 17. The third kappa shape index (κ3) is 9.64. The first-order valence-corrected chi connectivity index (χ1v) is 25.7. The molecule has 0 bridgehead atoms. The lowest BCUT2D eigenvalue weighted by atomic mass is 10.1. The fraction of sp³-hybridized carbons (Fsp3) is 0.0323. The number of phenols is 2. The van der Waals surface area contributed by atoms with Crippen LogP contribution in [0.2, 0.25) is 1.41 Å². The van der Waals surface area contributed by atoms with Gasteiger partial charge >= 0.3 is 0 Å². The summed E-state index contributed by atoms with van der Waals surface area (Å²) in [6.45, 7) is 0. The molecule has 6 aromatic rings. The van der Waals surface area contributed by atoms with E-state index in [4.69, 9.17) is 12.9 Å². The Kier molecular flexibility index (Phi) is 12.5. The van der Waals surface area contributed by atoms with Crippen molar-refractivity contribution < 1.29 is 91.5 Å². The molecule has 0 aliphatic rings. The molecule has 0 aliphatic heterocycles. The molecule has 67 heavy (non-hydrogen) atoms. The maximum Gasteiger partial charge on any atom is 0.296 e. The predicted molar refractivity (Wildman–Crippen MR) is 238 cm³/mol. The maximum absolute atomic E-state index is 12.9. The van der Waals surface area contributed by atoms with Crippen LogP contribution in [0.3, 0.4) is 0 Å². The predicted octanol–water partition coefficient (Wildman–Crippen LogP) is 9.42. The van der Waals surface area contributed by atoms with Crippen LogP contribution in [0.4, 0.5) is 45.5 Å². The molecule has 19 N–H and O–H groups in total. The highest BCUT2D eigenvalue weighted by atomic mass is 32.3. The highest BCUT2D eigenvalue weighted by Gasteiger charge is 2.32. The summed E-state index contributed by atoms with van der Waals surface area (Å²) in [5.74, 6) is -2.41. The molecule has 36 heteroatoms. The summed E-state index contributed by atoms with van der Waals surface area (Å²) in [4.78, 5) is -6.46. The average molecular weight is 1060 g/mol. The SMILES string of the molecule is [2H]N=Nc1c(S(=O)(=O)O)cc2cc(S(O)(O)O)c(N=Nc3cc(S(=O)(=O)O)c4cc(N=Nc5c(S(=O)(=O)O)cc6cc(S(O)(O)O)c(N=NC)c(N)c6c5O)cc(S(O)(O)O)c4c3)c(O)c2c1N. The zero-order chi connectivity index (χ0) is 51.0. The normalized spacial score (nSPS) is 14.7. The van der Waals surface area contributed by atoms with E-state index < -0.39 is 182 Å². The van der Waals surface area contributed by atoms with Gasteiger partial charge in [-0.1, -0.05) is 0 Å². The van der Waals surface area contributed by atoms with Crippen LogP contribution in [0, 0.1) is 5.52 Å². The van der Waals surface area contributed by atoms with Gasteiger partial charge in [-0.15, -0.1) is 10.2 Å². The minimum atomic E-state index is -5.50. The first-order chi connectivity index (χ1) is 31.1. The van der Waals surface area contributed by atoms with Gasteiger partial charge in [0, 0.05) is 17.8 Å². The van der Waals surface area contributed by atoms with E-state index in [9.17, 15) is 90.1 Å². The lowest BCUT2D eigenvalue weighted by Crippen LogP contribution is -2.03. The third-order valence-electron chi connectivity index (χ3n) is 9.14. The van der Waals surface area contributed by atoms with Crippen LogP contribution < -0.4 is 11.5 Å². The van der Waals surface area contributed by atoms with Crippen molar-refractivity contribution in [3.8, 4) is 11.5 Å². The standard InChI is InChI=1S/C31H30N10O20S6/c1-35-39-27-19(65(53,54)55)3-11-5-21(67(59,60)61)29(31(43)23(11)25(27)33)41-38-13-7-15-14(17(9-13)63(47,48)49)6-12(8-16(15)62(44,45)46)37-40-28-20(66(56,57)58)4-10-2-18(64(50,51)52)26(36-34)24(32)22(10)30(28)42/h2-9,34,42-43,47-49,53-58H,32-33H2,1H3,(H,44,45,46)(H,50,51,52)(H,59,60,61)/i/hD. The molecule has 0 amide bonds. The van der Waals surface area contributed by atoms with Gasteiger partial charge in [-0.25, -0.2) is 5.52 Å². The minimum absolute atomic E-state index is 0.463. The number of rotatable bonds is 12. The van der Waals surface area contributed by atoms with Crippen molar-refractivity contribution in [2.45, 2.75) is 29.4 Å². The number of nitrogens with two attached hydrogens (primary N) is 2. The van der Waals surface area contributed by atoms with Gasteiger partial charge in [0.25, 0.3) is 30.4 Å². The molecule has 0 heterocycles. The Balaban J connectivity index is 1.61. The molecular formula is C31H30N10O20S6. The van der Waals surface area contributed by atoms with Crippen LogP contribution in [0.1, 0.15) is 0 Å². The van der Waals surface area contributed by atoms with Crippen LogP contribution in [0.5, 0.6) is 11.5 Å². The van der Waals surface area contributed by atoms with Crippen LogP contribution in [0.15, 0.2) is 114 Å². The van der Waals surface area contributed by atoms with E-state index in [1.165, 1.54) is 0 Å². The molecule has 0 aliphatic carbocycles. The summed E-state index contributed by atoms with van der Waals surface area (Å²) < 4.78 is 204. The van der Waals surface area contributed by atoms with Crippen molar-refractivity contribution in [2.24, 2.45) is 35.8 Å². The molecule has 0 fully saturated rings. The van der Waals surface area contributed by atoms with Gasteiger partial charge in [0.15, 0.2) is 11.5 Å². The summed E-state index contributed by atoms with van der Waals surface area (Å²) >= 11 is 0. The van der Waals surface area contributed by atoms with Gasteiger partial charge in [-0.2, -0.15) is 50.8 Å². The number of nitrogens with zero attached hydrogens (tertiary/aromatic N) is 7. The van der Waals surface area contributed by atoms with Gasteiger partial charge in [-0.3, -0.25) is 13.7 Å². The molecule has 0 unspecified atom stereocenters. The summed E-state index contributed by atoms with van der Waals surface area (Å²) in [5, 5.41) is 43.9. The number of fused-ring (bicyclic) bond motifs is 3. The van der Waals surface area contributed by atoms with E-state index in [1.807, 2.05) is 0 Å². The van der Waals surface area contributed by atoms with Crippen molar-refractivity contribution in [2.75, 3.05) is 18.5 Å². The Morgan fingerprint density at radius 1 is 0.463 bits per heavy atom. The number of benzene rings is 6. The molecule has 360 valence electrons. The molecule has 6 rings (SSSR count). The molecule has 0 saturated carbocycles. The van der Waals surface area contributed by atoms with Crippen molar-refractivity contribution in [1.29, 1.82) is 5.52 Å². The highest BCUT2D eigenvalue weighted by Crippen LogP contribution is 2.58. The van der Waals surface area contributed by atoms with Gasteiger partial charge in [0.2, 0.25) is 1.41 Å². The van der Waals surface area contributed by atoms with Crippen LogP contribution in [0.25, 0.3) is 32.3 Å². The molecule has 0 radical (unpaired) electrons. The number of phenolic OH excluding ortho intramolecular Hbond substituents is 2. The van der Waals surface area contributed by atoms with E-state index in [-0.39, 0.29) is 0 Å². The van der Waals surface area contributed by atoms with Gasteiger partial charge in [-0.05, 0) is 59.3 Å². The van der Waals surface area contributed by atoms with Gasteiger partial charge < -0.3 is 62.7 Å². The molecular weight excluding hydrogens is 1020 g/mol. The number of anilines is 2. The van der Waals surface area contributed by atoms with E-state index in [0.717, 1.165) is 25.2 Å². The Morgan fingerprint density at radius 3 is 1.22 bits per heavy atom. The van der Waals surface area contributed by atoms with Crippen molar-refractivity contribution in [3.05, 3.63) is 48.5 Å². The van der Waals surface area contributed by atoms with Crippen molar-refractivity contribution >= 4 is 141 Å². The number of hydrogen-bond acceptors (Lipinski definition) is 27. The van der Waals surface area contributed by atoms with E-state index in [0.29, 0.717) is 30.3 Å². The molecule has 0 spiro atoms. The largest absolute Gasteiger partial charge is 0.505 e. The van der Waals surface area contributed by atoms with E-state index in [2.05, 4.69) is 41.3 Å². The third-order valence-corrected chi connectivity index (χ3v) is 14.5. The second-order valence-corrected chi connectivity index (χ2v) is 22.0. The second-order valence-electron chi connectivity index (χ2n) is 13.4. The number of nitrogen functional groups attached to an aromatic ring is 2. The zero-order valence-corrected chi connectivity index (χ0v) is 37.4. The quantitative estimate of drug-likeness (QED) is 0.0308. The second kappa shape index (κ2) is 17.0. The smallest absolute Gasteiger partial charge is 0.296 e. The minimum Gasteiger partial charge on any atom is -0.505 e. The van der Waals surface area contributed by atoms with Gasteiger partial charge in [0.1, 0.15) is 70.0 Å². The van der Waals surface area contributed by atoms with Gasteiger partial charge in [0.05, 0.1) is 48.2 Å². The first kappa shape index (κ1) is 49.0. The van der Waals surface area contributed by atoms with Crippen molar-refractivity contribution in [1.82, 2.24) is 0 Å². The zero-order valence-electron chi connectivity index (χ0n) is 33.5. The van der Waals surface area contributed by atoms with E-state index in [1.54, 1.807) is 0 Å². The van der Waals surface area contributed by atoms with Crippen LogP contribution in [-0.2, 0) is 30.4 Å². The molecule has 30 nitrogen and oxygen atoms in total. The maximum atomic E-state index is 12.9. The molecule has 0 atom stereocenters. The monoisotopic (exact) mass is 1060 g/mol. The highest BCUT2D eigenvalue weighted by molar-refractivity contribution is 8.20. The fourth-order valence-corrected chi connectivity index (χ4v) is 10.6. The Hall–Kier alpha value is -5.88. The Bertz CT molecular complexity index is 3640. The Labute approximate surface area is 379 Å². The summed E-state index contributed by atoms with van der Waals surface area (Å²) in [6.07, 6.45) is 0.